The van der Waals surface area contributed by atoms with E-state index in [0.29, 0.717) is 18.2 Å². The Morgan fingerprint density at radius 2 is 1.89 bits per heavy atom. The number of rotatable bonds is 4. The van der Waals surface area contributed by atoms with Crippen LogP contribution in [0, 0.1) is 0 Å². The third-order valence-corrected chi connectivity index (χ3v) is 5.15. The molecule has 0 bridgehead atoms. The van der Waals surface area contributed by atoms with Gasteiger partial charge in [-0.25, -0.2) is 15.0 Å². The smallest absolute Gasteiger partial charge is 0.271 e. The Balaban J connectivity index is 1.26. The Kier molecular flexibility index (Phi) is 3.92. The lowest BCUT2D eigenvalue weighted by molar-refractivity contribution is 0.0935. The molecule has 1 atom stereocenters. The summed E-state index contributed by atoms with van der Waals surface area (Å²) < 4.78 is 0. The van der Waals surface area contributed by atoms with Crippen LogP contribution in [0.2, 0.25) is 0 Å². The van der Waals surface area contributed by atoms with Crippen LogP contribution < -0.4 is 10.2 Å². The first-order valence-electron chi connectivity index (χ1n) is 9.37. The molecule has 1 saturated heterocycles. The van der Waals surface area contributed by atoms with Gasteiger partial charge in [0.25, 0.3) is 5.91 Å². The molecule has 1 aliphatic carbocycles. The summed E-state index contributed by atoms with van der Waals surface area (Å²) in [5, 5.41) is 3.07. The fraction of sp³-hybridized carbons (Fsp3) is 0.350. The van der Waals surface area contributed by atoms with E-state index in [-0.39, 0.29) is 11.9 Å². The lowest BCUT2D eigenvalue weighted by Crippen LogP contribution is -2.37. The number of benzene rings is 1. The molecular weight excluding hydrogens is 340 g/mol. The van der Waals surface area contributed by atoms with Crippen molar-refractivity contribution in [3.8, 4) is 0 Å². The Bertz CT molecular complexity index is 1000. The minimum Gasteiger partial charge on any atom is -0.346 e. The van der Waals surface area contributed by atoms with Crippen LogP contribution in [0.5, 0.6) is 0 Å². The lowest BCUT2D eigenvalue weighted by atomic mass is 10.2. The van der Waals surface area contributed by atoms with Gasteiger partial charge in [0, 0.05) is 36.9 Å². The number of hydrogen-bond donors (Lipinski definition) is 1. The number of amides is 1. The molecule has 0 spiro atoms. The predicted molar refractivity (Wildman–Crippen MR) is 102 cm³/mol. The van der Waals surface area contributed by atoms with E-state index >= 15 is 0 Å². The highest BCUT2D eigenvalue weighted by Gasteiger charge is 2.29. The van der Waals surface area contributed by atoms with E-state index in [4.69, 9.17) is 4.98 Å². The van der Waals surface area contributed by atoms with E-state index < -0.39 is 0 Å². The summed E-state index contributed by atoms with van der Waals surface area (Å²) in [5.74, 6) is 1.19. The first kappa shape index (κ1) is 16.1. The summed E-state index contributed by atoms with van der Waals surface area (Å²) in [6.45, 7) is 1.54. The number of aromatic nitrogens is 4. The van der Waals surface area contributed by atoms with E-state index in [1.165, 1.54) is 19.0 Å². The number of nitrogens with zero attached hydrogens (tertiary/aromatic N) is 5. The van der Waals surface area contributed by atoms with E-state index in [1.807, 2.05) is 36.5 Å². The zero-order chi connectivity index (χ0) is 18.2. The summed E-state index contributed by atoms with van der Waals surface area (Å²) >= 11 is 0. The summed E-state index contributed by atoms with van der Waals surface area (Å²) in [7, 11) is 0. The zero-order valence-electron chi connectivity index (χ0n) is 14.9. The standard InChI is InChI=1S/C20H20N6O/c27-19(18-11-22-16-3-1-2-4-17(16)24-18)23-14-8-10-26(12-14)20-21-9-7-15(25-20)13-5-6-13/h1-4,7,9,11,13-14H,5-6,8,10,12H2,(H,23,27). The average molecular weight is 360 g/mol. The van der Waals surface area contributed by atoms with Gasteiger partial charge in [0.15, 0.2) is 0 Å². The van der Waals surface area contributed by atoms with Crippen molar-refractivity contribution in [3.63, 3.8) is 0 Å². The molecule has 7 heteroatoms. The number of carbonyl (C=O) groups is 1. The first-order chi connectivity index (χ1) is 13.3. The van der Waals surface area contributed by atoms with E-state index in [9.17, 15) is 4.79 Å². The minimum atomic E-state index is -0.187. The lowest BCUT2D eigenvalue weighted by Gasteiger charge is -2.17. The van der Waals surface area contributed by atoms with Crippen molar-refractivity contribution in [2.75, 3.05) is 18.0 Å². The van der Waals surface area contributed by atoms with Gasteiger partial charge in [0.1, 0.15) is 5.69 Å². The van der Waals surface area contributed by atoms with E-state index in [1.54, 1.807) is 0 Å². The topological polar surface area (TPSA) is 83.9 Å². The van der Waals surface area contributed by atoms with Crippen molar-refractivity contribution in [2.45, 2.75) is 31.2 Å². The molecule has 1 saturated carbocycles. The second kappa shape index (κ2) is 6.57. The molecule has 3 aromatic rings. The number of fused-ring (bicyclic) bond motifs is 1. The van der Waals surface area contributed by atoms with Gasteiger partial charge in [0.2, 0.25) is 5.95 Å². The highest BCUT2D eigenvalue weighted by molar-refractivity contribution is 5.94. The number of hydrogen-bond acceptors (Lipinski definition) is 6. The number of para-hydroxylation sites is 2. The molecule has 1 unspecified atom stereocenters. The normalized spacial score (nSPS) is 19.4. The maximum absolute atomic E-state index is 12.6. The summed E-state index contributed by atoms with van der Waals surface area (Å²) in [6, 6.07) is 9.61. The third kappa shape index (κ3) is 3.32. The Hall–Kier alpha value is -3.09. The van der Waals surface area contributed by atoms with Crippen molar-refractivity contribution >= 4 is 22.9 Å². The molecule has 2 aliphatic rings. The molecular formula is C20H20N6O. The van der Waals surface area contributed by atoms with Crippen molar-refractivity contribution < 1.29 is 4.79 Å². The van der Waals surface area contributed by atoms with Crippen molar-refractivity contribution in [1.82, 2.24) is 25.3 Å². The molecule has 2 aromatic heterocycles. The molecule has 1 aromatic carbocycles. The van der Waals surface area contributed by atoms with Gasteiger partial charge in [-0.15, -0.1) is 0 Å². The molecule has 1 amide bonds. The Morgan fingerprint density at radius 1 is 1.04 bits per heavy atom. The van der Waals surface area contributed by atoms with Crippen LogP contribution in [-0.2, 0) is 0 Å². The Morgan fingerprint density at radius 3 is 2.74 bits per heavy atom. The van der Waals surface area contributed by atoms with Gasteiger partial charge in [-0.1, -0.05) is 12.1 Å². The van der Waals surface area contributed by atoms with Crippen LogP contribution >= 0.6 is 0 Å². The van der Waals surface area contributed by atoms with Crippen LogP contribution in [-0.4, -0.2) is 45.0 Å². The monoisotopic (exact) mass is 360 g/mol. The predicted octanol–water partition coefficient (Wildman–Crippen LogP) is 2.31. The van der Waals surface area contributed by atoms with Gasteiger partial charge in [-0.05, 0) is 37.5 Å². The first-order valence-corrected chi connectivity index (χ1v) is 9.37. The van der Waals surface area contributed by atoms with Crippen LogP contribution in [0.3, 0.4) is 0 Å². The summed E-state index contributed by atoms with van der Waals surface area (Å²) in [4.78, 5) is 32.6. The van der Waals surface area contributed by atoms with Crippen molar-refractivity contribution in [1.29, 1.82) is 0 Å². The van der Waals surface area contributed by atoms with E-state index in [2.05, 4.69) is 25.2 Å². The fourth-order valence-electron chi connectivity index (χ4n) is 3.51. The van der Waals surface area contributed by atoms with Crippen LogP contribution in [0.1, 0.15) is 41.4 Å². The fourth-order valence-corrected chi connectivity index (χ4v) is 3.51. The molecule has 27 heavy (non-hydrogen) atoms. The molecule has 5 rings (SSSR count). The Labute approximate surface area is 156 Å². The molecule has 2 fully saturated rings. The highest BCUT2D eigenvalue weighted by Crippen LogP contribution is 2.39. The van der Waals surface area contributed by atoms with E-state index in [0.717, 1.165) is 35.6 Å². The number of carbonyl (C=O) groups excluding carboxylic acids is 1. The van der Waals surface area contributed by atoms with Gasteiger partial charge < -0.3 is 10.2 Å². The maximum atomic E-state index is 12.6. The average Bonchev–Trinajstić information content (AvgIpc) is 3.47. The molecule has 1 N–H and O–H groups in total. The minimum absolute atomic E-state index is 0.0546. The molecule has 0 radical (unpaired) electrons. The number of anilines is 1. The largest absolute Gasteiger partial charge is 0.346 e. The second-order valence-electron chi connectivity index (χ2n) is 7.20. The van der Waals surface area contributed by atoms with Gasteiger partial charge in [-0.2, -0.15) is 0 Å². The van der Waals surface area contributed by atoms with Crippen LogP contribution in [0.25, 0.3) is 11.0 Å². The highest BCUT2D eigenvalue weighted by atomic mass is 16.2. The maximum Gasteiger partial charge on any atom is 0.271 e. The quantitative estimate of drug-likeness (QED) is 0.769. The van der Waals surface area contributed by atoms with Gasteiger partial charge >= 0.3 is 0 Å². The molecule has 136 valence electrons. The summed E-state index contributed by atoms with van der Waals surface area (Å²) in [6.07, 6.45) is 6.69. The third-order valence-electron chi connectivity index (χ3n) is 5.15. The SMILES string of the molecule is O=C(NC1CCN(c2nccc(C3CC3)n2)C1)c1cnc2ccccc2n1. The van der Waals surface area contributed by atoms with Crippen LogP contribution in [0.4, 0.5) is 5.95 Å². The molecule has 3 heterocycles. The molecule has 7 nitrogen and oxygen atoms in total. The van der Waals surface area contributed by atoms with Gasteiger partial charge in [0.05, 0.1) is 17.2 Å². The van der Waals surface area contributed by atoms with Crippen LogP contribution in [0.15, 0.2) is 42.7 Å². The molecule has 1 aliphatic heterocycles. The second-order valence-corrected chi connectivity index (χ2v) is 7.20. The van der Waals surface area contributed by atoms with Crippen molar-refractivity contribution in [2.24, 2.45) is 0 Å². The zero-order valence-corrected chi connectivity index (χ0v) is 14.9. The van der Waals surface area contributed by atoms with Gasteiger partial charge in [-0.3, -0.25) is 9.78 Å². The summed E-state index contributed by atoms with van der Waals surface area (Å²) in [5.41, 5.74) is 3.00. The van der Waals surface area contributed by atoms with Crippen molar-refractivity contribution in [3.05, 3.63) is 54.1 Å². The number of nitrogens with one attached hydrogen (secondary N) is 1.